The van der Waals surface area contributed by atoms with Gasteiger partial charge >= 0.3 is 0 Å². The number of aromatic nitrogens is 5. The number of hydrogen-bond acceptors (Lipinski definition) is 5. The normalized spacial score (nSPS) is 12.2. The summed E-state index contributed by atoms with van der Waals surface area (Å²) in [6.07, 6.45) is 0. The number of benzene rings is 10. The Balaban J connectivity index is 1.12. The number of hydrogen-bond donors (Lipinski definition) is 0. The first kappa shape index (κ1) is 35.8. The highest BCUT2D eigenvalue weighted by molar-refractivity contribution is 7.25. The third-order valence-corrected chi connectivity index (χ3v) is 14.7. The maximum Gasteiger partial charge on any atom is 0.238 e. The maximum absolute atomic E-state index is 6.31. The second-order valence-electron chi connectivity index (χ2n) is 17.1. The molecule has 15 rings (SSSR count). The van der Waals surface area contributed by atoms with Crippen molar-refractivity contribution >= 4 is 119 Å². The highest BCUT2D eigenvalue weighted by Crippen LogP contribution is 2.47. The zero-order valence-corrected chi connectivity index (χ0v) is 35.9. The summed E-state index contributed by atoms with van der Waals surface area (Å²) >= 11 is 1.82. The molecule has 0 radical (unpaired) electrons. The molecule has 0 aliphatic rings. The number of para-hydroxylation sites is 3. The molecule has 15 aromatic rings. The molecule has 5 heterocycles. The van der Waals surface area contributed by atoms with Crippen molar-refractivity contribution in [3.63, 3.8) is 0 Å². The molecule has 0 spiro atoms. The van der Waals surface area contributed by atoms with Gasteiger partial charge in [0.05, 0.1) is 27.8 Å². The van der Waals surface area contributed by atoms with Gasteiger partial charge in [0.25, 0.3) is 0 Å². The molecule has 0 saturated carbocycles. The quantitative estimate of drug-likeness (QED) is 0.177. The summed E-state index contributed by atoms with van der Waals surface area (Å²) in [5, 5.41) is 13.8. The Kier molecular flexibility index (Phi) is 7.28. The fourth-order valence-corrected chi connectivity index (χ4v) is 11.7. The van der Waals surface area contributed by atoms with Gasteiger partial charge in [-0.25, -0.2) is 4.98 Å². The van der Waals surface area contributed by atoms with E-state index in [1.807, 2.05) is 29.5 Å². The van der Waals surface area contributed by atoms with Crippen LogP contribution < -0.4 is 0 Å². The second-order valence-corrected chi connectivity index (χ2v) is 18.2. The topological polar surface area (TPSA) is 61.7 Å². The molecule has 0 unspecified atom stereocenters. The molecule has 0 saturated heterocycles. The molecule has 6 nitrogen and oxygen atoms in total. The number of nitrogens with zero attached hydrogens (tertiary/aromatic N) is 5. The van der Waals surface area contributed by atoms with Crippen LogP contribution in [0.25, 0.3) is 142 Å². The summed E-state index contributed by atoms with van der Waals surface area (Å²) in [5.74, 6) is 1.70. The van der Waals surface area contributed by atoms with Crippen molar-refractivity contribution in [1.82, 2.24) is 24.1 Å². The van der Waals surface area contributed by atoms with Crippen LogP contribution in [-0.4, -0.2) is 24.1 Å². The Morgan fingerprint density at radius 2 is 1.03 bits per heavy atom. The highest BCUT2D eigenvalue weighted by atomic mass is 32.1. The van der Waals surface area contributed by atoms with Crippen LogP contribution in [0.1, 0.15) is 0 Å². The van der Waals surface area contributed by atoms with Crippen LogP contribution in [0.3, 0.4) is 0 Å². The highest BCUT2D eigenvalue weighted by Gasteiger charge is 2.26. The molecular weight excluding hydrogens is 827 g/mol. The standard InChI is InChI=1S/C59H33N5OS/c1-2-15-36-33-49-45(31-35(36)14-1)42-27-25-34-13-3-4-16-38(34)55(42)64(49)56-44(28-30-53-54(56)43-20-8-12-24-52(43)66-53)58-60-57(37-26-29-51-46(32-37)41-19-7-11-23-50(41)65-51)61-59(62-58)63-47-21-9-5-17-39(47)40-18-6-10-22-48(40)63/h1-33H. The Morgan fingerprint density at radius 1 is 0.379 bits per heavy atom. The van der Waals surface area contributed by atoms with Crippen LogP contribution in [0, 0.1) is 0 Å². The van der Waals surface area contributed by atoms with Crippen LogP contribution in [0.15, 0.2) is 205 Å². The van der Waals surface area contributed by atoms with Crippen molar-refractivity contribution in [2.45, 2.75) is 0 Å². The molecule has 10 aromatic carbocycles. The van der Waals surface area contributed by atoms with Crippen LogP contribution in [0.4, 0.5) is 0 Å². The summed E-state index contributed by atoms with van der Waals surface area (Å²) in [6.45, 7) is 0. The SMILES string of the molecule is c1ccc2cc3c(cc2c1)c1ccc2ccccc2c1n3-c1c(-c2nc(-c3ccc4oc5ccccc5c4c3)nc(-n3c4ccccc4c4ccccc43)n2)ccc2sc3ccccc3c12. The van der Waals surface area contributed by atoms with Crippen molar-refractivity contribution in [2.24, 2.45) is 0 Å². The number of fused-ring (bicyclic) bond motifs is 15. The molecule has 7 heteroatoms. The van der Waals surface area contributed by atoms with Gasteiger partial charge in [0.15, 0.2) is 11.6 Å². The first-order chi connectivity index (χ1) is 32.7. The molecule has 0 atom stereocenters. The molecule has 5 aromatic heterocycles. The van der Waals surface area contributed by atoms with Crippen molar-refractivity contribution < 1.29 is 4.42 Å². The lowest BCUT2D eigenvalue weighted by molar-refractivity contribution is 0.669. The molecule has 0 N–H and O–H groups in total. The smallest absolute Gasteiger partial charge is 0.238 e. The largest absolute Gasteiger partial charge is 0.456 e. The minimum Gasteiger partial charge on any atom is -0.456 e. The van der Waals surface area contributed by atoms with Gasteiger partial charge in [0, 0.05) is 69.0 Å². The Morgan fingerprint density at radius 3 is 1.85 bits per heavy atom. The average Bonchev–Trinajstić information content (AvgIpc) is 4.13. The summed E-state index contributed by atoms with van der Waals surface area (Å²) in [5.41, 5.74) is 8.81. The summed E-state index contributed by atoms with van der Waals surface area (Å²) in [7, 11) is 0. The minimum atomic E-state index is 0.546. The lowest BCUT2D eigenvalue weighted by Crippen LogP contribution is -2.08. The summed E-state index contributed by atoms with van der Waals surface area (Å²) in [4.78, 5) is 16.6. The molecule has 0 amide bonds. The van der Waals surface area contributed by atoms with Crippen LogP contribution in [0.5, 0.6) is 0 Å². The predicted molar refractivity (Wildman–Crippen MR) is 275 cm³/mol. The van der Waals surface area contributed by atoms with E-state index in [9.17, 15) is 0 Å². The van der Waals surface area contributed by atoms with Gasteiger partial charge in [-0.05, 0) is 82.9 Å². The molecule has 306 valence electrons. The zero-order chi connectivity index (χ0) is 43.0. The van der Waals surface area contributed by atoms with Crippen LogP contribution in [0.2, 0.25) is 0 Å². The van der Waals surface area contributed by atoms with E-state index in [1.165, 1.54) is 52.5 Å². The lowest BCUT2D eigenvalue weighted by Gasteiger charge is -2.18. The fourth-order valence-electron chi connectivity index (χ4n) is 10.6. The Labute approximate surface area is 379 Å². The maximum atomic E-state index is 6.31. The second kappa shape index (κ2) is 13.4. The molecule has 0 bridgehead atoms. The van der Waals surface area contributed by atoms with Gasteiger partial charge in [-0.15, -0.1) is 11.3 Å². The van der Waals surface area contributed by atoms with E-state index in [2.05, 4.69) is 191 Å². The van der Waals surface area contributed by atoms with Gasteiger partial charge in [-0.2, -0.15) is 9.97 Å². The van der Waals surface area contributed by atoms with E-state index in [0.29, 0.717) is 17.6 Å². The van der Waals surface area contributed by atoms with Gasteiger partial charge in [0.2, 0.25) is 5.95 Å². The molecule has 66 heavy (non-hydrogen) atoms. The fraction of sp³-hybridized carbons (Fsp3) is 0. The van der Waals surface area contributed by atoms with Crippen molar-refractivity contribution in [3.8, 4) is 34.4 Å². The van der Waals surface area contributed by atoms with E-state index in [1.54, 1.807) is 0 Å². The number of rotatable bonds is 4. The molecule has 0 aliphatic heterocycles. The zero-order valence-electron chi connectivity index (χ0n) is 35.1. The van der Waals surface area contributed by atoms with Crippen molar-refractivity contribution in [2.75, 3.05) is 0 Å². The Hall–Kier alpha value is -8.65. The van der Waals surface area contributed by atoms with Gasteiger partial charge < -0.3 is 8.98 Å². The average molecular weight is 860 g/mol. The van der Waals surface area contributed by atoms with E-state index < -0.39 is 0 Å². The third-order valence-electron chi connectivity index (χ3n) is 13.5. The van der Waals surface area contributed by atoms with E-state index in [4.69, 9.17) is 19.4 Å². The number of furan rings is 1. The molecule has 0 fully saturated rings. The van der Waals surface area contributed by atoms with Gasteiger partial charge in [-0.1, -0.05) is 133 Å². The lowest BCUT2D eigenvalue weighted by atomic mass is 10.0. The van der Waals surface area contributed by atoms with Gasteiger partial charge in [-0.3, -0.25) is 4.57 Å². The van der Waals surface area contributed by atoms with E-state index >= 15 is 0 Å². The van der Waals surface area contributed by atoms with Crippen molar-refractivity contribution in [1.29, 1.82) is 0 Å². The molecular formula is C59H33N5OS. The summed E-state index contributed by atoms with van der Waals surface area (Å²) < 4.78 is 13.4. The van der Waals surface area contributed by atoms with Gasteiger partial charge in [0.1, 0.15) is 11.2 Å². The minimum absolute atomic E-state index is 0.546. The van der Waals surface area contributed by atoms with Crippen LogP contribution >= 0.6 is 11.3 Å². The van der Waals surface area contributed by atoms with Crippen molar-refractivity contribution in [3.05, 3.63) is 200 Å². The number of thiophene rings is 1. The molecule has 0 aliphatic carbocycles. The first-order valence-corrected chi connectivity index (χ1v) is 23.0. The van der Waals surface area contributed by atoms with E-state index in [0.717, 1.165) is 71.6 Å². The van der Waals surface area contributed by atoms with E-state index in [-0.39, 0.29) is 0 Å². The predicted octanol–water partition coefficient (Wildman–Crippen LogP) is 16.0. The summed E-state index contributed by atoms with van der Waals surface area (Å²) in [6, 6.07) is 71.5. The third kappa shape index (κ3) is 5.03. The monoisotopic (exact) mass is 859 g/mol. The first-order valence-electron chi connectivity index (χ1n) is 22.2. The Bertz CT molecular complexity index is 4500. The van der Waals surface area contributed by atoms with Crippen LogP contribution in [-0.2, 0) is 0 Å².